The van der Waals surface area contributed by atoms with Gasteiger partial charge in [-0.1, -0.05) is 0 Å². The topological polar surface area (TPSA) is 63.8 Å². The molecule has 0 aromatic carbocycles. The molecular formula is C11H12N2O3. The summed E-state index contributed by atoms with van der Waals surface area (Å²) < 4.78 is 6.75. The molecule has 0 unspecified atom stereocenters. The van der Waals surface area contributed by atoms with E-state index >= 15 is 0 Å². The van der Waals surface area contributed by atoms with Crippen LogP contribution in [0.15, 0.2) is 12.1 Å². The van der Waals surface area contributed by atoms with Gasteiger partial charge in [-0.2, -0.15) is 0 Å². The van der Waals surface area contributed by atoms with Gasteiger partial charge in [0.15, 0.2) is 17.1 Å². The molecule has 0 fully saturated rings. The lowest BCUT2D eigenvalue weighted by atomic mass is 10.3. The second-order valence-electron chi connectivity index (χ2n) is 3.55. The van der Waals surface area contributed by atoms with Crippen molar-refractivity contribution in [3.05, 3.63) is 29.2 Å². The van der Waals surface area contributed by atoms with Crippen molar-refractivity contribution in [1.29, 1.82) is 0 Å². The second-order valence-corrected chi connectivity index (χ2v) is 3.55. The van der Waals surface area contributed by atoms with Crippen LogP contribution in [0, 0.1) is 13.8 Å². The number of carboxylic acid groups (broad SMARTS) is 1. The van der Waals surface area contributed by atoms with E-state index in [4.69, 9.17) is 9.84 Å². The van der Waals surface area contributed by atoms with Gasteiger partial charge in [-0.15, -0.1) is 0 Å². The first kappa shape index (κ1) is 10.5. The average Bonchev–Trinajstić information content (AvgIpc) is 2.57. The zero-order valence-electron chi connectivity index (χ0n) is 9.31. The molecule has 0 saturated carbocycles. The Labute approximate surface area is 92.3 Å². The number of hydrogen-bond donors (Lipinski definition) is 1. The van der Waals surface area contributed by atoms with Crippen molar-refractivity contribution in [2.24, 2.45) is 0 Å². The lowest BCUT2D eigenvalue weighted by molar-refractivity contribution is 0.0688. The largest absolute Gasteiger partial charge is 0.493 e. The predicted molar refractivity (Wildman–Crippen MR) is 58.2 cm³/mol. The molecule has 0 aliphatic rings. The van der Waals surface area contributed by atoms with Gasteiger partial charge >= 0.3 is 5.97 Å². The zero-order chi connectivity index (χ0) is 11.9. The number of carbonyl (C=O) groups is 1. The molecular weight excluding hydrogens is 208 g/mol. The summed E-state index contributed by atoms with van der Waals surface area (Å²) in [5, 5.41) is 9.14. The summed E-state index contributed by atoms with van der Waals surface area (Å²) in [6, 6.07) is 3.59. The minimum Gasteiger partial charge on any atom is -0.493 e. The summed E-state index contributed by atoms with van der Waals surface area (Å²) >= 11 is 0. The molecule has 1 N–H and O–H groups in total. The molecule has 0 radical (unpaired) electrons. The van der Waals surface area contributed by atoms with Gasteiger partial charge in [-0.05, 0) is 26.0 Å². The molecule has 0 bridgehead atoms. The number of hydrogen-bond acceptors (Lipinski definition) is 3. The average molecular weight is 220 g/mol. The van der Waals surface area contributed by atoms with Crippen LogP contribution in [0.4, 0.5) is 0 Å². The van der Waals surface area contributed by atoms with Crippen molar-refractivity contribution in [1.82, 2.24) is 9.38 Å². The van der Waals surface area contributed by atoms with Crippen molar-refractivity contribution in [3.63, 3.8) is 0 Å². The zero-order valence-corrected chi connectivity index (χ0v) is 9.31. The van der Waals surface area contributed by atoms with Crippen LogP contribution in [0.5, 0.6) is 5.75 Å². The number of nitrogens with zero attached hydrogens (tertiary/aromatic N) is 2. The fraction of sp³-hybridized carbons (Fsp3) is 0.273. The van der Waals surface area contributed by atoms with Crippen molar-refractivity contribution >= 4 is 11.6 Å². The van der Waals surface area contributed by atoms with Gasteiger partial charge in [-0.3, -0.25) is 4.40 Å². The van der Waals surface area contributed by atoms with Gasteiger partial charge in [0.25, 0.3) is 0 Å². The van der Waals surface area contributed by atoms with Crippen molar-refractivity contribution in [3.8, 4) is 5.75 Å². The first-order valence-corrected chi connectivity index (χ1v) is 4.82. The van der Waals surface area contributed by atoms with Crippen molar-refractivity contribution < 1.29 is 14.6 Å². The number of aromatic carboxylic acids is 1. The van der Waals surface area contributed by atoms with Crippen LogP contribution < -0.4 is 4.74 Å². The van der Waals surface area contributed by atoms with Crippen LogP contribution >= 0.6 is 0 Å². The SMILES string of the molecule is COc1ccc(C)n2c(C(=O)O)c(C)nc12. The lowest BCUT2D eigenvalue weighted by Gasteiger charge is -2.06. The Hall–Kier alpha value is -2.04. The minimum atomic E-state index is -0.985. The van der Waals surface area contributed by atoms with Gasteiger partial charge < -0.3 is 9.84 Å². The number of aromatic nitrogens is 2. The van der Waals surface area contributed by atoms with Crippen molar-refractivity contribution in [2.75, 3.05) is 7.11 Å². The fourth-order valence-electron chi connectivity index (χ4n) is 1.79. The first-order chi connectivity index (χ1) is 7.56. The molecule has 0 aliphatic heterocycles. The Morgan fingerprint density at radius 3 is 2.69 bits per heavy atom. The molecule has 0 atom stereocenters. The van der Waals surface area contributed by atoms with Gasteiger partial charge in [0.1, 0.15) is 0 Å². The molecule has 0 amide bonds. The molecule has 2 rings (SSSR count). The van der Waals surface area contributed by atoms with Crippen LogP contribution in [0.3, 0.4) is 0 Å². The number of carboxylic acids is 1. The van der Waals surface area contributed by atoms with E-state index in [-0.39, 0.29) is 5.69 Å². The second kappa shape index (κ2) is 3.52. The number of fused-ring (bicyclic) bond motifs is 1. The van der Waals surface area contributed by atoms with Crippen LogP contribution in [-0.4, -0.2) is 27.6 Å². The number of ether oxygens (including phenoxy) is 1. The molecule has 0 aliphatic carbocycles. The van der Waals surface area contributed by atoms with E-state index in [1.165, 1.54) is 7.11 Å². The highest BCUT2D eigenvalue weighted by molar-refractivity contribution is 5.89. The molecule has 2 aromatic rings. The predicted octanol–water partition coefficient (Wildman–Crippen LogP) is 1.66. The quantitative estimate of drug-likeness (QED) is 0.835. The van der Waals surface area contributed by atoms with Gasteiger partial charge in [0, 0.05) is 5.69 Å². The Bertz CT molecular complexity index is 572. The Morgan fingerprint density at radius 2 is 2.12 bits per heavy atom. The number of methoxy groups -OCH3 is 1. The molecule has 2 heterocycles. The minimum absolute atomic E-state index is 0.186. The molecule has 0 spiro atoms. The van der Waals surface area contributed by atoms with Crippen LogP contribution in [0.1, 0.15) is 21.9 Å². The van der Waals surface area contributed by atoms with E-state index in [1.54, 1.807) is 23.5 Å². The van der Waals surface area contributed by atoms with E-state index in [1.807, 2.05) is 6.92 Å². The summed E-state index contributed by atoms with van der Waals surface area (Å²) in [5.41, 5.74) is 2.03. The van der Waals surface area contributed by atoms with Crippen LogP contribution in [0.2, 0.25) is 0 Å². The third kappa shape index (κ3) is 1.32. The number of imidazole rings is 1. The molecule has 84 valence electrons. The first-order valence-electron chi connectivity index (χ1n) is 4.82. The highest BCUT2D eigenvalue weighted by Crippen LogP contribution is 2.23. The third-order valence-electron chi connectivity index (χ3n) is 2.52. The Morgan fingerprint density at radius 1 is 1.44 bits per heavy atom. The molecule has 5 nitrogen and oxygen atoms in total. The number of aryl methyl sites for hydroxylation is 2. The van der Waals surface area contributed by atoms with Crippen LogP contribution in [-0.2, 0) is 0 Å². The highest BCUT2D eigenvalue weighted by Gasteiger charge is 2.18. The maximum Gasteiger partial charge on any atom is 0.354 e. The summed E-state index contributed by atoms with van der Waals surface area (Å²) in [7, 11) is 1.54. The molecule has 0 saturated heterocycles. The number of pyridine rings is 1. The van der Waals surface area contributed by atoms with E-state index < -0.39 is 5.97 Å². The lowest BCUT2D eigenvalue weighted by Crippen LogP contribution is -2.06. The van der Waals surface area contributed by atoms with Crippen LogP contribution in [0.25, 0.3) is 5.65 Å². The fourth-order valence-corrected chi connectivity index (χ4v) is 1.79. The van der Waals surface area contributed by atoms with E-state index in [9.17, 15) is 4.79 Å². The number of rotatable bonds is 2. The van der Waals surface area contributed by atoms with Gasteiger partial charge in [0.05, 0.1) is 12.8 Å². The summed E-state index contributed by atoms with van der Waals surface area (Å²) in [5.74, 6) is -0.414. The van der Waals surface area contributed by atoms with Crippen molar-refractivity contribution in [2.45, 2.75) is 13.8 Å². The van der Waals surface area contributed by atoms with E-state index in [0.29, 0.717) is 17.1 Å². The molecule has 2 aromatic heterocycles. The van der Waals surface area contributed by atoms with Gasteiger partial charge in [-0.25, -0.2) is 9.78 Å². The standard InChI is InChI=1S/C11H12N2O3/c1-6-4-5-8(16-3)10-12-7(2)9(11(14)15)13(6)10/h4-5H,1-3H3,(H,14,15). The van der Waals surface area contributed by atoms with E-state index in [2.05, 4.69) is 4.98 Å². The Kier molecular flexibility index (Phi) is 2.30. The molecule has 16 heavy (non-hydrogen) atoms. The highest BCUT2D eigenvalue weighted by atomic mass is 16.5. The Balaban J connectivity index is 2.93. The maximum absolute atomic E-state index is 11.1. The summed E-state index contributed by atoms with van der Waals surface area (Å²) in [4.78, 5) is 15.4. The van der Waals surface area contributed by atoms with Gasteiger partial charge in [0.2, 0.25) is 0 Å². The summed E-state index contributed by atoms with van der Waals surface area (Å²) in [6.07, 6.45) is 0. The maximum atomic E-state index is 11.1. The molecule has 5 heteroatoms. The normalized spacial score (nSPS) is 10.7. The summed E-state index contributed by atoms with van der Waals surface area (Å²) in [6.45, 7) is 3.51. The van der Waals surface area contributed by atoms with E-state index in [0.717, 1.165) is 5.69 Å². The smallest absolute Gasteiger partial charge is 0.354 e. The third-order valence-corrected chi connectivity index (χ3v) is 2.52. The monoisotopic (exact) mass is 220 g/mol.